The molecule has 3 heterocycles. The van der Waals surface area contributed by atoms with Crippen LogP contribution in [0.25, 0.3) is 11.3 Å². The molecule has 0 bridgehead atoms. The lowest BCUT2D eigenvalue weighted by atomic mass is 9.98. The van der Waals surface area contributed by atoms with Crippen molar-refractivity contribution in [1.82, 2.24) is 19.9 Å². The van der Waals surface area contributed by atoms with Gasteiger partial charge in [-0.25, -0.2) is 15.0 Å². The number of hydrogen-bond donors (Lipinski definition) is 1. The van der Waals surface area contributed by atoms with Gasteiger partial charge in [0.2, 0.25) is 0 Å². The first kappa shape index (κ1) is 20.5. The van der Waals surface area contributed by atoms with Crippen molar-refractivity contribution < 1.29 is 4.79 Å². The van der Waals surface area contributed by atoms with Gasteiger partial charge in [-0.15, -0.1) is 0 Å². The Labute approximate surface area is 182 Å². The Morgan fingerprint density at radius 3 is 2.58 bits per heavy atom. The molecule has 2 N–H and O–H groups in total. The summed E-state index contributed by atoms with van der Waals surface area (Å²) in [5.41, 5.74) is 11.5. The molecular formula is C25H25N5O. The number of amides is 1. The Morgan fingerprint density at radius 1 is 1.10 bits per heavy atom. The first-order valence-corrected chi connectivity index (χ1v) is 10.5. The molecule has 0 unspecified atom stereocenters. The van der Waals surface area contributed by atoms with Crippen molar-refractivity contribution in [2.24, 2.45) is 0 Å². The highest BCUT2D eigenvalue weighted by atomic mass is 16.2. The molecule has 1 aliphatic heterocycles. The summed E-state index contributed by atoms with van der Waals surface area (Å²) in [5.74, 6) is 6.95. The van der Waals surface area contributed by atoms with E-state index >= 15 is 0 Å². The normalized spacial score (nSPS) is 13.0. The summed E-state index contributed by atoms with van der Waals surface area (Å²) in [4.78, 5) is 27.8. The molecule has 3 aromatic rings. The highest BCUT2D eigenvalue weighted by Gasteiger charge is 2.21. The zero-order valence-corrected chi connectivity index (χ0v) is 17.9. The third-order valence-corrected chi connectivity index (χ3v) is 5.50. The van der Waals surface area contributed by atoms with Crippen LogP contribution in [0.3, 0.4) is 0 Å². The van der Waals surface area contributed by atoms with E-state index in [-0.39, 0.29) is 5.91 Å². The third-order valence-electron chi connectivity index (χ3n) is 5.50. The molecule has 1 aromatic carbocycles. The van der Waals surface area contributed by atoms with Gasteiger partial charge in [0.1, 0.15) is 12.1 Å². The Hall–Kier alpha value is -3.72. The van der Waals surface area contributed by atoms with Crippen LogP contribution in [-0.2, 0) is 6.42 Å². The van der Waals surface area contributed by atoms with Gasteiger partial charge in [0.25, 0.3) is 5.91 Å². The number of aromatic nitrogens is 3. The third kappa shape index (κ3) is 4.41. The summed E-state index contributed by atoms with van der Waals surface area (Å²) in [6.45, 7) is 5.70. The predicted octanol–water partition coefficient (Wildman–Crippen LogP) is 3.63. The molecule has 4 rings (SSSR count). The average molecular weight is 412 g/mol. The minimum absolute atomic E-state index is 0.106. The number of pyridine rings is 1. The van der Waals surface area contributed by atoms with Crippen LogP contribution in [0.15, 0.2) is 42.9 Å². The number of nitrogens with two attached hydrogens (primary N) is 1. The van der Waals surface area contributed by atoms with E-state index in [0.29, 0.717) is 5.82 Å². The first-order valence-electron chi connectivity index (χ1n) is 10.5. The fourth-order valence-corrected chi connectivity index (χ4v) is 3.80. The highest BCUT2D eigenvalue weighted by Crippen LogP contribution is 2.26. The Bertz CT molecular complexity index is 1170. The first-order chi connectivity index (χ1) is 15.1. The summed E-state index contributed by atoms with van der Waals surface area (Å²) in [6.07, 6.45) is 6.12. The van der Waals surface area contributed by atoms with E-state index in [2.05, 4.69) is 26.8 Å². The number of rotatable bonds is 3. The van der Waals surface area contributed by atoms with E-state index in [9.17, 15) is 4.79 Å². The highest BCUT2D eigenvalue weighted by molar-refractivity contribution is 5.96. The summed E-state index contributed by atoms with van der Waals surface area (Å²) in [6, 6.07) is 9.44. The van der Waals surface area contributed by atoms with E-state index in [0.717, 1.165) is 71.6 Å². The Kier molecular flexibility index (Phi) is 5.94. The van der Waals surface area contributed by atoms with Crippen molar-refractivity contribution in [2.75, 3.05) is 18.8 Å². The number of anilines is 1. The number of nitrogens with zero attached hydrogens (tertiary/aromatic N) is 4. The minimum atomic E-state index is 0.106. The monoisotopic (exact) mass is 411 g/mol. The quantitative estimate of drug-likeness (QED) is 0.665. The summed E-state index contributed by atoms with van der Waals surface area (Å²) < 4.78 is 0. The molecule has 2 aromatic heterocycles. The van der Waals surface area contributed by atoms with Crippen molar-refractivity contribution in [3.05, 3.63) is 70.8 Å². The molecule has 0 atom stereocenters. The van der Waals surface area contributed by atoms with Crippen LogP contribution >= 0.6 is 0 Å². The zero-order chi connectivity index (χ0) is 21.8. The zero-order valence-electron chi connectivity index (χ0n) is 17.9. The van der Waals surface area contributed by atoms with E-state index < -0.39 is 0 Å². The van der Waals surface area contributed by atoms with Gasteiger partial charge in [0.15, 0.2) is 0 Å². The predicted molar refractivity (Wildman–Crippen MR) is 121 cm³/mol. The van der Waals surface area contributed by atoms with Gasteiger partial charge in [0.05, 0.1) is 17.0 Å². The lowest BCUT2D eigenvalue weighted by Gasteiger charge is -2.17. The average Bonchev–Trinajstić information content (AvgIpc) is 3.33. The number of carbonyl (C=O) groups is 1. The molecule has 1 aliphatic rings. The van der Waals surface area contributed by atoms with E-state index in [1.165, 1.54) is 0 Å². The fraction of sp³-hybridized carbons (Fsp3) is 0.280. The molecule has 156 valence electrons. The standard InChI is InChI=1S/C25H25N5O/c1-3-22-21(9-6-18-7-11-23(26)27-15-18)24(29-16-28-22)19-8-10-20(17(2)14-19)25(31)30-12-4-5-13-30/h7-8,10-11,14-16H,3-5,12-13H2,1-2H3,(H2,26,27). The number of hydrogen-bond acceptors (Lipinski definition) is 5. The molecule has 6 heteroatoms. The van der Waals surface area contributed by atoms with Crippen molar-refractivity contribution in [3.63, 3.8) is 0 Å². The van der Waals surface area contributed by atoms with Crippen LogP contribution < -0.4 is 5.73 Å². The summed E-state index contributed by atoms with van der Waals surface area (Å²) in [5, 5.41) is 0. The van der Waals surface area contributed by atoms with Crippen LogP contribution in [0, 0.1) is 18.8 Å². The van der Waals surface area contributed by atoms with Gasteiger partial charge in [-0.2, -0.15) is 0 Å². The second kappa shape index (κ2) is 8.97. The van der Waals surface area contributed by atoms with Gasteiger partial charge in [-0.1, -0.05) is 24.8 Å². The largest absolute Gasteiger partial charge is 0.384 e. The van der Waals surface area contributed by atoms with Crippen molar-refractivity contribution in [1.29, 1.82) is 0 Å². The molecule has 0 spiro atoms. The van der Waals surface area contributed by atoms with Gasteiger partial charge in [-0.05, 0) is 56.0 Å². The van der Waals surface area contributed by atoms with Crippen molar-refractivity contribution in [3.8, 4) is 23.1 Å². The lowest BCUT2D eigenvalue weighted by molar-refractivity contribution is 0.0792. The van der Waals surface area contributed by atoms with E-state index in [1.54, 1.807) is 18.6 Å². The Morgan fingerprint density at radius 2 is 1.90 bits per heavy atom. The topological polar surface area (TPSA) is 85.0 Å². The molecule has 1 amide bonds. The second-order valence-electron chi connectivity index (χ2n) is 7.65. The smallest absolute Gasteiger partial charge is 0.254 e. The molecule has 31 heavy (non-hydrogen) atoms. The van der Waals surface area contributed by atoms with Crippen molar-refractivity contribution in [2.45, 2.75) is 33.1 Å². The maximum atomic E-state index is 12.8. The minimum Gasteiger partial charge on any atom is -0.384 e. The summed E-state index contributed by atoms with van der Waals surface area (Å²) >= 11 is 0. The van der Waals surface area contributed by atoms with Gasteiger partial charge >= 0.3 is 0 Å². The molecule has 1 saturated heterocycles. The summed E-state index contributed by atoms with van der Waals surface area (Å²) in [7, 11) is 0. The van der Waals surface area contributed by atoms with Crippen LogP contribution in [0.5, 0.6) is 0 Å². The second-order valence-corrected chi connectivity index (χ2v) is 7.65. The van der Waals surface area contributed by atoms with Gasteiger partial charge < -0.3 is 10.6 Å². The number of aryl methyl sites for hydroxylation is 2. The molecule has 0 radical (unpaired) electrons. The SMILES string of the molecule is CCc1ncnc(-c2ccc(C(=O)N3CCCC3)c(C)c2)c1C#Cc1ccc(N)nc1. The maximum Gasteiger partial charge on any atom is 0.254 e. The molecular weight excluding hydrogens is 386 g/mol. The number of likely N-dealkylation sites (tertiary alicyclic amines) is 1. The van der Waals surface area contributed by atoms with Crippen LogP contribution in [0.4, 0.5) is 5.82 Å². The van der Waals surface area contributed by atoms with Gasteiger partial charge in [0, 0.05) is 36.0 Å². The molecule has 0 saturated carbocycles. The van der Waals surface area contributed by atoms with E-state index in [4.69, 9.17) is 5.73 Å². The number of nitrogen functional groups attached to an aromatic ring is 1. The van der Waals surface area contributed by atoms with Crippen LogP contribution in [0.1, 0.15) is 52.5 Å². The Balaban J connectivity index is 1.72. The number of benzene rings is 1. The van der Waals surface area contributed by atoms with Crippen molar-refractivity contribution >= 4 is 11.7 Å². The number of carbonyl (C=O) groups excluding carboxylic acids is 1. The molecule has 1 fully saturated rings. The fourth-order valence-electron chi connectivity index (χ4n) is 3.80. The van der Waals surface area contributed by atoms with Crippen LogP contribution in [0.2, 0.25) is 0 Å². The van der Waals surface area contributed by atoms with Gasteiger partial charge in [-0.3, -0.25) is 4.79 Å². The molecule has 0 aliphatic carbocycles. The maximum absolute atomic E-state index is 12.8. The molecule has 6 nitrogen and oxygen atoms in total. The van der Waals surface area contributed by atoms with Crippen LogP contribution in [-0.4, -0.2) is 38.8 Å². The van der Waals surface area contributed by atoms with E-state index in [1.807, 2.05) is 43.0 Å². The lowest BCUT2D eigenvalue weighted by Crippen LogP contribution is -2.28.